The van der Waals surface area contributed by atoms with Crippen LogP contribution in [-0.4, -0.2) is 9.97 Å². The SMILES string of the molecule is Cc1cc2c(Cl)nc(-c3ccc(Cl)cc3C)nc2cc1F. The minimum Gasteiger partial charge on any atom is -0.228 e. The maximum atomic E-state index is 13.7. The Morgan fingerprint density at radius 3 is 2.43 bits per heavy atom. The van der Waals surface area contributed by atoms with Crippen LogP contribution in [-0.2, 0) is 0 Å². The summed E-state index contributed by atoms with van der Waals surface area (Å²) in [7, 11) is 0. The normalized spacial score (nSPS) is 11.1. The Bertz CT molecular complexity index is 863. The van der Waals surface area contributed by atoms with Crippen molar-refractivity contribution in [3.05, 3.63) is 57.5 Å². The number of rotatable bonds is 1. The van der Waals surface area contributed by atoms with E-state index in [1.807, 2.05) is 19.1 Å². The first-order chi connectivity index (χ1) is 9.95. The molecular formula is C16H11Cl2FN2. The zero-order valence-electron chi connectivity index (χ0n) is 11.4. The van der Waals surface area contributed by atoms with Gasteiger partial charge in [0, 0.05) is 22.0 Å². The lowest BCUT2D eigenvalue weighted by atomic mass is 10.1. The number of aromatic nitrogens is 2. The molecule has 0 atom stereocenters. The highest BCUT2D eigenvalue weighted by molar-refractivity contribution is 6.34. The van der Waals surface area contributed by atoms with Gasteiger partial charge in [0.1, 0.15) is 11.0 Å². The first-order valence-electron chi connectivity index (χ1n) is 6.35. The van der Waals surface area contributed by atoms with Gasteiger partial charge in [-0.05, 0) is 49.2 Å². The summed E-state index contributed by atoms with van der Waals surface area (Å²) < 4.78 is 13.7. The number of benzene rings is 2. The Morgan fingerprint density at radius 1 is 0.952 bits per heavy atom. The van der Waals surface area contributed by atoms with Crippen LogP contribution in [0.5, 0.6) is 0 Å². The standard InChI is InChI=1S/C16H11Cl2FN2/c1-8-5-10(17)3-4-11(8)16-20-14-7-13(19)9(2)6-12(14)15(18)21-16/h3-7H,1-2H3. The topological polar surface area (TPSA) is 25.8 Å². The van der Waals surface area contributed by atoms with Gasteiger partial charge in [0.15, 0.2) is 5.82 Å². The highest BCUT2D eigenvalue weighted by Crippen LogP contribution is 2.29. The number of nitrogens with zero attached hydrogens (tertiary/aromatic N) is 2. The van der Waals surface area contributed by atoms with E-state index in [1.165, 1.54) is 6.07 Å². The summed E-state index contributed by atoms with van der Waals surface area (Å²) in [5.41, 5.74) is 2.76. The van der Waals surface area contributed by atoms with E-state index in [4.69, 9.17) is 23.2 Å². The van der Waals surface area contributed by atoms with Crippen LogP contribution >= 0.6 is 23.2 Å². The van der Waals surface area contributed by atoms with Gasteiger partial charge in [-0.3, -0.25) is 0 Å². The maximum absolute atomic E-state index is 13.7. The molecular weight excluding hydrogens is 310 g/mol. The molecule has 0 unspecified atom stereocenters. The molecule has 2 aromatic carbocycles. The Morgan fingerprint density at radius 2 is 1.71 bits per heavy atom. The second kappa shape index (κ2) is 5.24. The molecule has 2 nitrogen and oxygen atoms in total. The minimum atomic E-state index is -0.309. The average molecular weight is 321 g/mol. The fourth-order valence-electron chi connectivity index (χ4n) is 2.22. The van der Waals surface area contributed by atoms with E-state index in [0.29, 0.717) is 32.5 Å². The molecule has 5 heteroatoms. The predicted octanol–water partition coefficient (Wildman–Crippen LogP) is 5.36. The number of halogens is 3. The third-order valence-corrected chi connectivity index (χ3v) is 3.88. The van der Waals surface area contributed by atoms with Gasteiger partial charge in [0.25, 0.3) is 0 Å². The van der Waals surface area contributed by atoms with Gasteiger partial charge in [0.05, 0.1) is 5.52 Å². The summed E-state index contributed by atoms with van der Waals surface area (Å²) >= 11 is 12.2. The second-order valence-corrected chi connectivity index (χ2v) is 5.71. The van der Waals surface area contributed by atoms with E-state index in [9.17, 15) is 4.39 Å². The lowest BCUT2D eigenvalue weighted by Gasteiger charge is -2.08. The minimum absolute atomic E-state index is 0.309. The molecule has 3 aromatic rings. The molecule has 21 heavy (non-hydrogen) atoms. The van der Waals surface area contributed by atoms with Crippen molar-refractivity contribution >= 4 is 34.1 Å². The predicted molar refractivity (Wildman–Crippen MR) is 84.4 cm³/mol. The van der Waals surface area contributed by atoms with Crippen LogP contribution in [0.25, 0.3) is 22.3 Å². The Labute approximate surface area is 131 Å². The first-order valence-corrected chi connectivity index (χ1v) is 7.11. The lowest BCUT2D eigenvalue weighted by Crippen LogP contribution is -1.95. The molecule has 0 aliphatic carbocycles. The summed E-state index contributed by atoms with van der Waals surface area (Å²) in [6.07, 6.45) is 0. The number of aryl methyl sites for hydroxylation is 2. The Kier molecular flexibility index (Phi) is 3.56. The zero-order valence-corrected chi connectivity index (χ0v) is 12.9. The molecule has 0 saturated heterocycles. The molecule has 0 radical (unpaired) electrons. The molecule has 3 rings (SSSR count). The van der Waals surface area contributed by atoms with E-state index < -0.39 is 0 Å². The largest absolute Gasteiger partial charge is 0.228 e. The molecule has 106 valence electrons. The van der Waals surface area contributed by atoms with Crippen LogP contribution in [0, 0.1) is 19.7 Å². The van der Waals surface area contributed by atoms with Gasteiger partial charge in [-0.15, -0.1) is 0 Å². The first kappa shape index (κ1) is 14.2. The third-order valence-electron chi connectivity index (χ3n) is 3.36. The molecule has 0 saturated carbocycles. The van der Waals surface area contributed by atoms with E-state index in [2.05, 4.69) is 9.97 Å². The van der Waals surface area contributed by atoms with Crippen molar-refractivity contribution in [1.29, 1.82) is 0 Å². The van der Waals surface area contributed by atoms with Crippen molar-refractivity contribution < 1.29 is 4.39 Å². The Balaban J connectivity index is 2.27. The molecule has 0 amide bonds. The van der Waals surface area contributed by atoms with Gasteiger partial charge in [-0.1, -0.05) is 23.2 Å². The second-order valence-electron chi connectivity index (χ2n) is 4.92. The summed E-state index contributed by atoms with van der Waals surface area (Å²) in [5.74, 6) is 0.154. The smallest absolute Gasteiger partial charge is 0.161 e. The number of hydrogen-bond donors (Lipinski definition) is 0. The van der Waals surface area contributed by atoms with E-state index in [0.717, 1.165) is 11.1 Å². The molecule has 0 N–H and O–H groups in total. The highest BCUT2D eigenvalue weighted by Gasteiger charge is 2.12. The van der Waals surface area contributed by atoms with Crippen LogP contribution in [0.15, 0.2) is 30.3 Å². The van der Waals surface area contributed by atoms with Crippen LogP contribution < -0.4 is 0 Å². The van der Waals surface area contributed by atoms with Crippen molar-refractivity contribution in [2.45, 2.75) is 13.8 Å². The molecule has 1 aromatic heterocycles. The zero-order chi connectivity index (χ0) is 15.1. The van der Waals surface area contributed by atoms with Gasteiger partial charge >= 0.3 is 0 Å². The highest BCUT2D eigenvalue weighted by atomic mass is 35.5. The lowest BCUT2D eigenvalue weighted by molar-refractivity contribution is 0.620. The molecule has 0 spiro atoms. The average Bonchev–Trinajstić information content (AvgIpc) is 2.41. The summed E-state index contributed by atoms with van der Waals surface area (Å²) in [5, 5.41) is 1.60. The molecule has 1 heterocycles. The summed E-state index contributed by atoms with van der Waals surface area (Å²) in [4.78, 5) is 8.74. The van der Waals surface area contributed by atoms with Gasteiger partial charge in [-0.2, -0.15) is 0 Å². The van der Waals surface area contributed by atoms with Crippen LogP contribution in [0.4, 0.5) is 4.39 Å². The van der Waals surface area contributed by atoms with Crippen molar-refractivity contribution in [2.75, 3.05) is 0 Å². The molecule has 0 fully saturated rings. The maximum Gasteiger partial charge on any atom is 0.161 e. The monoisotopic (exact) mass is 320 g/mol. The quantitative estimate of drug-likeness (QED) is 0.564. The fourth-order valence-corrected chi connectivity index (χ4v) is 2.68. The number of hydrogen-bond acceptors (Lipinski definition) is 2. The number of fused-ring (bicyclic) bond motifs is 1. The fraction of sp³-hybridized carbons (Fsp3) is 0.125. The van der Waals surface area contributed by atoms with E-state index in [1.54, 1.807) is 19.1 Å². The van der Waals surface area contributed by atoms with Crippen molar-refractivity contribution in [2.24, 2.45) is 0 Å². The third kappa shape index (κ3) is 2.59. The molecule has 0 aliphatic heterocycles. The van der Waals surface area contributed by atoms with Crippen LogP contribution in [0.1, 0.15) is 11.1 Å². The molecule has 0 aliphatic rings. The van der Waals surface area contributed by atoms with E-state index >= 15 is 0 Å². The molecule has 0 bridgehead atoms. The van der Waals surface area contributed by atoms with Crippen molar-refractivity contribution in [1.82, 2.24) is 9.97 Å². The van der Waals surface area contributed by atoms with Gasteiger partial charge in [0.2, 0.25) is 0 Å². The summed E-state index contributed by atoms with van der Waals surface area (Å²) in [6, 6.07) is 8.47. The summed E-state index contributed by atoms with van der Waals surface area (Å²) in [6.45, 7) is 3.60. The van der Waals surface area contributed by atoms with Crippen LogP contribution in [0.3, 0.4) is 0 Å². The van der Waals surface area contributed by atoms with Crippen molar-refractivity contribution in [3.63, 3.8) is 0 Å². The van der Waals surface area contributed by atoms with Gasteiger partial charge in [-0.25, -0.2) is 14.4 Å². The van der Waals surface area contributed by atoms with Crippen molar-refractivity contribution in [3.8, 4) is 11.4 Å². The Hall–Kier alpha value is -1.71. The van der Waals surface area contributed by atoms with E-state index in [-0.39, 0.29) is 5.82 Å². The van der Waals surface area contributed by atoms with Gasteiger partial charge < -0.3 is 0 Å². The van der Waals surface area contributed by atoms with Crippen LogP contribution in [0.2, 0.25) is 10.2 Å².